The Hall–Kier alpha value is 0.430. The van der Waals surface area contributed by atoms with Crippen molar-refractivity contribution >= 4 is 37.8 Å². The summed E-state index contributed by atoms with van der Waals surface area (Å²) in [5, 5.41) is 8.98. The van der Waals surface area contributed by atoms with Crippen LogP contribution in [0.4, 0.5) is 0 Å². The van der Waals surface area contributed by atoms with Gasteiger partial charge in [-0.25, -0.2) is 0 Å². The summed E-state index contributed by atoms with van der Waals surface area (Å²) in [7, 11) is 0. The summed E-state index contributed by atoms with van der Waals surface area (Å²) in [5.74, 6) is -0.307. The number of carboxylic acid groups (broad SMARTS) is 1. The normalized spacial score (nSPS) is 32.9. The van der Waals surface area contributed by atoms with Crippen LogP contribution in [0.25, 0.3) is 0 Å². The first-order chi connectivity index (χ1) is 6.40. The van der Waals surface area contributed by atoms with E-state index in [1.54, 1.807) is 0 Å². The average molecular weight is 328 g/mol. The summed E-state index contributed by atoms with van der Waals surface area (Å²) in [4.78, 5) is 10.9. The lowest BCUT2D eigenvalue weighted by molar-refractivity contribution is -0.141. The van der Waals surface area contributed by atoms with E-state index in [2.05, 4.69) is 45.7 Å². The van der Waals surface area contributed by atoms with E-state index in [0.29, 0.717) is 5.92 Å². The fraction of sp³-hybridized carbons (Fsp3) is 0.900. The summed E-state index contributed by atoms with van der Waals surface area (Å²) in [6.07, 6.45) is 2.57. The number of carboxylic acids is 1. The number of carbonyl (C=O) groups is 1. The zero-order valence-electron chi connectivity index (χ0n) is 8.46. The second-order valence-corrected chi connectivity index (χ2v) is 7.53. The highest BCUT2D eigenvalue weighted by Gasteiger charge is 2.47. The second kappa shape index (κ2) is 4.52. The first-order valence-electron chi connectivity index (χ1n) is 4.91. The van der Waals surface area contributed by atoms with Gasteiger partial charge in [-0.1, -0.05) is 45.7 Å². The molecule has 1 aliphatic rings. The zero-order valence-corrected chi connectivity index (χ0v) is 11.6. The lowest BCUT2D eigenvalue weighted by Crippen LogP contribution is -2.31. The largest absolute Gasteiger partial charge is 0.481 e. The number of rotatable bonds is 3. The molecule has 0 saturated heterocycles. The van der Waals surface area contributed by atoms with Crippen molar-refractivity contribution in [3.8, 4) is 0 Å². The molecule has 0 amide bonds. The fourth-order valence-electron chi connectivity index (χ4n) is 2.29. The van der Waals surface area contributed by atoms with E-state index in [-0.39, 0.29) is 15.1 Å². The third-order valence-electron chi connectivity index (χ3n) is 3.52. The Morgan fingerprint density at radius 3 is 2.29 bits per heavy atom. The average Bonchev–Trinajstić information content (AvgIpc) is 2.48. The van der Waals surface area contributed by atoms with Gasteiger partial charge < -0.3 is 5.11 Å². The Labute approximate surface area is 102 Å². The molecule has 14 heavy (non-hydrogen) atoms. The van der Waals surface area contributed by atoms with Crippen LogP contribution in [0.3, 0.4) is 0 Å². The molecule has 4 heteroatoms. The van der Waals surface area contributed by atoms with Crippen molar-refractivity contribution < 1.29 is 9.90 Å². The van der Waals surface area contributed by atoms with Gasteiger partial charge in [-0.05, 0) is 30.6 Å². The molecule has 0 bridgehead atoms. The van der Waals surface area contributed by atoms with Gasteiger partial charge in [0.15, 0.2) is 0 Å². The van der Waals surface area contributed by atoms with E-state index in [1.807, 2.05) is 0 Å². The van der Waals surface area contributed by atoms with Crippen LogP contribution >= 0.6 is 31.9 Å². The van der Waals surface area contributed by atoms with Crippen LogP contribution in [-0.2, 0) is 4.79 Å². The highest BCUT2D eigenvalue weighted by molar-refractivity contribution is 9.24. The van der Waals surface area contributed by atoms with Gasteiger partial charge in [0.25, 0.3) is 0 Å². The van der Waals surface area contributed by atoms with E-state index in [0.717, 1.165) is 19.3 Å². The SMILES string of the molecule is CC(C)[C@@]1(C(Br)Br)CC[C@@H](C(=O)O)C1. The summed E-state index contributed by atoms with van der Waals surface area (Å²) < 4.78 is 0.215. The molecule has 0 aromatic rings. The Morgan fingerprint density at radius 1 is 1.50 bits per heavy atom. The van der Waals surface area contributed by atoms with Crippen molar-refractivity contribution in [3.63, 3.8) is 0 Å². The minimum atomic E-state index is -0.645. The number of aliphatic carboxylic acids is 1. The van der Waals surface area contributed by atoms with Crippen molar-refractivity contribution in [1.82, 2.24) is 0 Å². The molecule has 0 unspecified atom stereocenters. The maximum Gasteiger partial charge on any atom is 0.306 e. The standard InChI is InChI=1S/C10H16Br2O2/c1-6(2)10(9(11)12)4-3-7(5-10)8(13)14/h6-7,9H,3-5H2,1-2H3,(H,13,14)/t7-,10-/m1/s1. The fourth-order valence-corrected chi connectivity index (χ4v) is 4.18. The molecule has 1 N–H and O–H groups in total. The lowest BCUT2D eigenvalue weighted by atomic mass is 9.77. The number of hydrogen-bond acceptors (Lipinski definition) is 1. The van der Waals surface area contributed by atoms with E-state index < -0.39 is 5.97 Å². The quantitative estimate of drug-likeness (QED) is 0.804. The van der Waals surface area contributed by atoms with E-state index >= 15 is 0 Å². The number of alkyl halides is 2. The van der Waals surface area contributed by atoms with Crippen LogP contribution in [0.5, 0.6) is 0 Å². The Balaban J connectivity index is 2.80. The van der Waals surface area contributed by atoms with Crippen LogP contribution in [0.1, 0.15) is 33.1 Å². The molecule has 82 valence electrons. The number of halogens is 2. The molecule has 0 spiro atoms. The zero-order chi connectivity index (χ0) is 10.9. The van der Waals surface area contributed by atoms with Crippen molar-refractivity contribution in [2.75, 3.05) is 0 Å². The van der Waals surface area contributed by atoms with Crippen molar-refractivity contribution in [2.45, 2.75) is 36.8 Å². The van der Waals surface area contributed by atoms with Crippen LogP contribution in [0.15, 0.2) is 0 Å². The van der Waals surface area contributed by atoms with Gasteiger partial charge in [-0.3, -0.25) is 4.79 Å². The molecule has 0 aromatic heterocycles. The van der Waals surface area contributed by atoms with Crippen LogP contribution in [-0.4, -0.2) is 14.8 Å². The highest BCUT2D eigenvalue weighted by atomic mass is 79.9. The van der Waals surface area contributed by atoms with E-state index in [1.165, 1.54) is 0 Å². The monoisotopic (exact) mass is 326 g/mol. The highest BCUT2D eigenvalue weighted by Crippen LogP contribution is 2.53. The summed E-state index contributed by atoms with van der Waals surface area (Å²) >= 11 is 7.12. The van der Waals surface area contributed by atoms with Gasteiger partial charge in [0.1, 0.15) is 0 Å². The van der Waals surface area contributed by atoms with Crippen molar-refractivity contribution in [2.24, 2.45) is 17.3 Å². The molecule has 1 fully saturated rings. The third kappa shape index (κ3) is 2.16. The summed E-state index contributed by atoms with van der Waals surface area (Å²) in [6.45, 7) is 4.33. The molecular weight excluding hydrogens is 312 g/mol. The Bertz CT molecular complexity index is 218. The van der Waals surface area contributed by atoms with Gasteiger partial charge >= 0.3 is 5.97 Å². The van der Waals surface area contributed by atoms with Gasteiger partial charge in [0.05, 0.1) is 9.65 Å². The second-order valence-electron chi connectivity index (χ2n) is 4.47. The molecule has 1 aliphatic carbocycles. The summed E-state index contributed by atoms with van der Waals surface area (Å²) in [6, 6.07) is 0. The molecule has 2 nitrogen and oxygen atoms in total. The maximum atomic E-state index is 10.9. The van der Waals surface area contributed by atoms with Gasteiger partial charge in [0, 0.05) is 0 Å². The molecule has 0 aromatic carbocycles. The maximum absolute atomic E-state index is 10.9. The minimum Gasteiger partial charge on any atom is -0.481 e. The molecule has 1 saturated carbocycles. The third-order valence-corrected chi connectivity index (χ3v) is 5.34. The smallest absolute Gasteiger partial charge is 0.306 e. The van der Waals surface area contributed by atoms with Crippen molar-refractivity contribution in [3.05, 3.63) is 0 Å². The summed E-state index contributed by atoms with van der Waals surface area (Å²) in [5.41, 5.74) is 0.100. The van der Waals surface area contributed by atoms with Crippen LogP contribution in [0, 0.1) is 17.3 Å². The minimum absolute atomic E-state index is 0.100. The lowest BCUT2D eigenvalue weighted by Gasteiger charge is -2.35. The Kier molecular flexibility index (Phi) is 4.03. The molecule has 1 rings (SSSR count). The number of hydrogen-bond donors (Lipinski definition) is 1. The predicted octanol–water partition coefficient (Wildman–Crippen LogP) is 3.63. The van der Waals surface area contributed by atoms with Crippen LogP contribution < -0.4 is 0 Å². The van der Waals surface area contributed by atoms with E-state index in [4.69, 9.17) is 5.11 Å². The van der Waals surface area contributed by atoms with Crippen LogP contribution in [0.2, 0.25) is 0 Å². The first kappa shape index (κ1) is 12.5. The predicted molar refractivity (Wildman–Crippen MR) is 63.9 cm³/mol. The molecule has 2 atom stereocenters. The molecule has 0 radical (unpaired) electrons. The molecule has 0 heterocycles. The Morgan fingerprint density at radius 2 is 2.07 bits per heavy atom. The first-order valence-corrected chi connectivity index (χ1v) is 6.74. The van der Waals surface area contributed by atoms with Gasteiger partial charge in [0.2, 0.25) is 0 Å². The van der Waals surface area contributed by atoms with Crippen molar-refractivity contribution in [1.29, 1.82) is 0 Å². The van der Waals surface area contributed by atoms with Gasteiger partial charge in [-0.2, -0.15) is 0 Å². The molecule has 0 aliphatic heterocycles. The topological polar surface area (TPSA) is 37.3 Å². The van der Waals surface area contributed by atoms with E-state index in [9.17, 15) is 4.79 Å². The molecular formula is C10H16Br2O2. The van der Waals surface area contributed by atoms with Gasteiger partial charge in [-0.15, -0.1) is 0 Å².